The van der Waals surface area contributed by atoms with Crippen molar-refractivity contribution in [1.29, 1.82) is 0 Å². The Bertz CT molecular complexity index is 717. The van der Waals surface area contributed by atoms with E-state index in [0.29, 0.717) is 36.1 Å². The zero-order valence-corrected chi connectivity index (χ0v) is 14.7. The van der Waals surface area contributed by atoms with Crippen LogP contribution in [-0.2, 0) is 14.3 Å². The Morgan fingerprint density at radius 3 is 2.84 bits per heavy atom. The summed E-state index contributed by atoms with van der Waals surface area (Å²) < 4.78 is 4.92. The molecule has 1 aromatic rings. The molecule has 0 aliphatic carbocycles. The van der Waals surface area contributed by atoms with Gasteiger partial charge in [-0.2, -0.15) is 0 Å². The molecule has 132 valence electrons. The number of amides is 2. The van der Waals surface area contributed by atoms with Gasteiger partial charge in [0.2, 0.25) is 11.8 Å². The van der Waals surface area contributed by atoms with Crippen LogP contribution in [0.5, 0.6) is 0 Å². The third-order valence-corrected chi connectivity index (χ3v) is 5.11. The molecule has 1 atom stereocenters. The Morgan fingerprint density at radius 1 is 1.36 bits per heavy atom. The predicted molar refractivity (Wildman–Crippen MR) is 95.7 cm³/mol. The van der Waals surface area contributed by atoms with Crippen molar-refractivity contribution >= 4 is 40.4 Å². The molecule has 0 aromatic heterocycles. The van der Waals surface area contributed by atoms with E-state index in [4.69, 9.17) is 4.74 Å². The van der Waals surface area contributed by atoms with Crippen molar-refractivity contribution < 1.29 is 19.1 Å². The largest absolute Gasteiger partial charge is 0.462 e. The van der Waals surface area contributed by atoms with Crippen LogP contribution in [0.25, 0.3) is 0 Å². The van der Waals surface area contributed by atoms with E-state index in [0.717, 1.165) is 6.42 Å². The molecule has 8 heteroatoms. The number of thioether (sulfide) groups is 1. The fourth-order valence-corrected chi connectivity index (χ4v) is 3.76. The zero-order valence-electron chi connectivity index (χ0n) is 13.9. The normalized spacial score (nSPS) is 19.7. The van der Waals surface area contributed by atoms with Gasteiger partial charge in [0.25, 0.3) is 0 Å². The molecule has 2 aliphatic rings. The van der Waals surface area contributed by atoms with E-state index in [2.05, 4.69) is 10.3 Å². The maximum absolute atomic E-state index is 12.5. The third-order valence-electron chi connectivity index (χ3n) is 3.88. The lowest BCUT2D eigenvalue weighted by molar-refractivity contribution is -0.129. The number of esters is 1. The summed E-state index contributed by atoms with van der Waals surface area (Å²) in [6.07, 6.45) is 1.02. The van der Waals surface area contributed by atoms with Crippen LogP contribution in [0, 0.1) is 0 Å². The van der Waals surface area contributed by atoms with Gasteiger partial charge in [-0.05, 0) is 37.6 Å². The number of nitrogens with one attached hydrogen (secondary N) is 1. The first kappa shape index (κ1) is 17.5. The van der Waals surface area contributed by atoms with Gasteiger partial charge in [0.05, 0.1) is 12.2 Å². The van der Waals surface area contributed by atoms with Crippen LogP contribution in [0.2, 0.25) is 0 Å². The third kappa shape index (κ3) is 4.01. The van der Waals surface area contributed by atoms with Crippen LogP contribution in [-0.4, -0.2) is 52.8 Å². The van der Waals surface area contributed by atoms with E-state index in [1.54, 1.807) is 36.1 Å². The Hall–Kier alpha value is -2.35. The molecule has 0 bridgehead atoms. The quantitative estimate of drug-likeness (QED) is 0.828. The number of ether oxygens (including phenoxy) is 1. The summed E-state index contributed by atoms with van der Waals surface area (Å²) >= 11 is 1.33. The molecule has 0 spiro atoms. The molecule has 7 nitrogen and oxygen atoms in total. The number of fused-ring (bicyclic) bond motifs is 1. The van der Waals surface area contributed by atoms with E-state index >= 15 is 0 Å². The van der Waals surface area contributed by atoms with E-state index in [1.165, 1.54) is 11.8 Å². The molecule has 1 aromatic carbocycles. The summed E-state index contributed by atoms with van der Waals surface area (Å²) in [5.74, 6) is -0.700. The summed E-state index contributed by atoms with van der Waals surface area (Å²) in [6.45, 7) is 3.42. The van der Waals surface area contributed by atoms with E-state index in [9.17, 15) is 14.4 Å². The fraction of sp³-hybridized carbons (Fsp3) is 0.412. The highest BCUT2D eigenvalue weighted by atomic mass is 32.2. The van der Waals surface area contributed by atoms with E-state index in [-0.39, 0.29) is 18.2 Å². The number of carbonyl (C=O) groups excluding carboxylic acids is 3. The van der Waals surface area contributed by atoms with Gasteiger partial charge in [0, 0.05) is 25.2 Å². The van der Waals surface area contributed by atoms with Crippen molar-refractivity contribution in [3.63, 3.8) is 0 Å². The van der Waals surface area contributed by atoms with Gasteiger partial charge in [-0.25, -0.2) is 4.79 Å². The smallest absolute Gasteiger partial charge is 0.338 e. The number of rotatable bonds is 4. The molecule has 1 saturated heterocycles. The van der Waals surface area contributed by atoms with Crippen molar-refractivity contribution in [3.8, 4) is 0 Å². The van der Waals surface area contributed by atoms with Gasteiger partial charge in [-0.15, -0.1) is 0 Å². The first-order chi connectivity index (χ1) is 12.1. The molecule has 0 saturated carbocycles. The second kappa shape index (κ2) is 7.69. The van der Waals surface area contributed by atoms with E-state index < -0.39 is 11.2 Å². The predicted octanol–water partition coefficient (Wildman–Crippen LogP) is 1.90. The number of amidine groups is 1. The van der Waals surface area contributed by atoms with Crippen LogP contribution in [0.4, 0.5) is 5.69 Å². The number of carbonyl (C=O) groups is 3. The fourth-order valence-electron chi connectivity index (χ4n) is 2.63. The number of hydrogen-bond donors (Lipinski definition) is 1. The Kier molecular flexibility index (Phi) is 5.37. The number of nitrogens with zero attached hydrogens (tertiary/aromatic N) is 2. The minimum Gasteiger partial charge on any atom is -0.462 e. The summed E-state index contributed by atoms with van der Waals surface area (Å²) in [5.41, 5.74) is 0.994. The van der Waals surface area contributed by atoms with Crippen LogP contribution in [0.15, 0.2) is 29.3 Å². The van der Waals surface area contributed by atoms with Crippen LogP contribution in [0.1, 0.15) is 30.1 Å². The molecule has 2 heterocycles. The molecule has 3 rings (SSSR count). The molecular formula is C17H19N3O4S. The Balaban J connectivity index is 1.63. The minimum absolute atomic E-state index is 0.0602. The number of anilines is 1. The topological polar surface area (TPSA) is 88.1 Å². The van der Waals surface area contributed by atoms with Crippen molar-refractivity contribution in [2.45, 2.75) is 25.0 Å². The summed E-state index contributed by atoms with van der Waals surface area (Å²) in [6, 6.07) is 6.48. The molecule has 1 fully saturated rings. The average molecular weight is 361 g/mol. The Labute approximate surface area is 149 Å². The summed E-state index contributed by atoms with van der Waals surface area (Å²) in [5, 5.41) is 2.93. The van der Waals surface area contributed by atoms with Crippen molar-refractivity contribution in [3.05, 3.63) is 29.8 Å². The second-order valence-corrected chi connectivity index (χ2v) is 6.83. The average Bonchev–Trinajstić information content (AvgIpc) is 2.62. The molecule has 0 radical (unpaired) electrons. The van der Waals surface area contributed by atoms with Gasteiger partial charge in [0.15, 0.2) is 5.17 Å². The first-order valence-corrected chi connectivity index (χ1v) is 9.06. The minimum atomic E-state index is -0.495. The maximum Gasteiger partial charge on any atom is 0.338 e. The highest BCUT2D eigenvalue weighted by Crippen LogP contribution is 2.29. The van der Waals surface area contributed by atoms with Crippen molar-refractivity contribution in [2.24, 2.45) is 4.99 Å². The maximum atomic E-state index is 12.5. The first-order valence-electron chi connectivity index (χ1n) is 8.18. The lowest BCUT2D eigenvalue weighted by atomic mass is 10.2. The zero-order chi connectivity index (χ0) is 17.8. The SMILES string of the molecule is CCOC(=O)c1ccc(NC(=O)C2CC(=O)N3CCCN=C3S2)cc1. The molecule has 1 N–H and O–H groups in total. The lowest BCUT2D eigenvalue weighted by Gasteiger charge is -2.33. The molecule has 2 amide bonds. The number of benzene rings is 1. The molecular weight excluding hydrogens is 342 g/mol. The van der Waals surface area contributed by atoms with Crippen LogP contribution in [0.3, 0.4) is 0 Å². The highest BCUT2D eigenvalue weighted by molar-refractivity contribution is 8.15. The molecule has 25 heavy (non-hydrogen) atoms. The van der Waals surface area contributed by atoms with Gasteiger partial charge in [-0.1, -0.05) is 11.8 Å². The van der Waals surface area contributed by atoms with Gasteiger partial charge < -0.3 is 10.1 Å². The van der Waals surface area contributed by atoms with Crippen molar-refractivity contribution in [2.75, 3.05) is 25.0 Å². The highest BCUT2D eigenvalue weighted by Gasteiger charge is 2.36. The molecule has 1 unspecified atom stereocenters. The van der Waals surface area contributed by atoms with Gasteiger partial charge in [-0.3, -0.25) is 19.5 Å². The summed E-state index contributed by atoms with van der Waals surface area (Å²) in [4.78, 5) is 42.3. The monoisotopic (exact) mass is 361 g/mol. The standard InChI is InChI=1S/C17H19N3O4S/c1-2-24-16(23)11-4-6-12(7-5-11)19-15(22)13-10-14(21)20-9-3-8-18-17(20)25-13/h4-7,13H,2-3,8-10H2,1H3,(H,19,22). The summed E-state index contributed by atoms with van der Waals surface area (Å²) in [7, 11) is 0. The van der Waals surface area contributed by atoms with Gasteiger partial charge in [0.1, 0.15) is 5.25 Å². The van der Waals surface area contributed by atoms with Crippen LogP contribution >= 0.6 is 11.8 Å². The second-order valence-electron chi connectivity index (χ2n) is 5.66. The molecule has 2 aliphatic heterocycles. The van der Waals surface area contributed by atoms with Gasteiger partial charge >= 0.3 is 5.97 Å². The Morgan fingerprint density at radius 2 is 2.12 bits per heavy atom. The van der Waals surface area contributed by atoms with Crippen molar-refractivity contribution in [1.82, 2.24) is 4.90 Å². The number of aliphatic imine (C=N–C) groups is 1. The van der Waals surface area contributed by atoms with Crippen LogP contribution < -0.4 is 5.32 Å². The lowest BCUT2D eigenvalue weighted by Crippen LogP contribution is -2.47. The number of hydrogen-bond acceptors (Lipinski definition) is 6. The van der Waals surface area contributed by atoms with E-state index in [1.807, 2.05) is 0 Å².